The summed E-state index contributed by atoms with van der Waals surface area (Å²) >= 11 is 1.29. The Labute approximate surface area is 170 Å². The summed E-state index contributed by atoms with van der Waals surface area (Å²) in [7, 11) is -2.29. The van der Waals surface area contributed by atoms with Gasteiger partial charge in [0.25, 0.3) is 11.5 Å². The minimum Gasteiger partial charge on any atom is -0.334 e. The number of rotatable bonds is 7. The number of carbonyl (C=O) groups is 1. The van der Waals surface area contributed by atoms with Crippen molar-refractivity contribution in [2.45, 2.75) is 17.9 Å². The Hall–Kier alpha value is -3.07. The first-order valence-electron chi connectivity index (χ1n) is 8.50. The summed E-state index contributed by atoms with van der Waals surface area (Å²) in [6.45, 7) is 0.0399. The third-order valence-electron chi connectivity index (χ3n) is 4.02. The quantitative estimate of drug-likeness (QED) is 0.544. The first-order valence-corrected chi connectivity index (χ1v) is 10.9. The van der Waals surface area contributed by atoms with E-state index in [0.717, 1.165) is 0 Å². The molecule has 150 valence electrons. The molecule has 1 aromatic carbocycles. The van der Waals surface area contributed by atoms with Crippen LogP contribution in [-0.2, 0) is 16.6 Å². The van der Waals surface area contributed by atoms with Crippen molar-refractivity contribution in [2.75, 3.05) is 13.6 Å². The fourth-order valence-corrected chi connectivity index (χ4v) is 4.44. The highest BCUT2D eigenvalue weighted by Gasteiger charge is 2.18. The molecule has 0 saturated carbocycles. The molecule has 0 spiro atoms. The van der Waals surface area contributed by atoms with Gasteiger partial charge in [-0.25, -0.2) is 18.1 Å². The molecule has 2 heterocycles. The fraction of sp³-hybridized carbons (Fsp3) is 0.222. The number of nitriles is 1. The Balaban J connectivity index is 1.79. The van der Waals surface area contributed by atoms with Crippen LogP contribution in [-0.4, -0.2) is 42.8 Å². The fourth-order valence-electron chi connectivity index (χ4n) is 2.63. The molecule has 0 saturated heterocycles. The highest BCUT2D eigenvalue weighted by atomic mass is 32.2. The van der Waals surface area contributed by atoms with Gasteiger partial charge in [0.1, 0.15) is 10.5 Å². The molecule has 0 aliphatic heterocycles. The van der Waals surface area contributed by atoms with Crippen LogP contribution in [0.1, 0.15) is 22.6 Å². The van der Waals surface area contributed by atoms with Gasteiger partial charge in [-0.15, -0.1) is 11.3 Å². The lowest BCUT2D eigenvalue weighted by molar-refractivity contribution is 0.0781. The largest absolute Gasteiger partial charge is 0.334 e. The summed E-state index contributed by atoms with van der Waals surface area (Å²) in [5.41, 5.74) is 0.470. The first-order chi connectivity index (χ1) is 13.8. The van der Waals surface area contributed by atoms with Crippen LogP contribution in [0.4, 0.5) is 0 Å². The minimum absolute atomic E-state index is 0.0129. The lowest BCUT2D eigenvalue weighted by Crippen LogP contribution is -2.29. The Morgan fingerprint density at radius 2 is 2.17 bits per heavy atom. The van der Waals surface area contributed by atoms with E-state index in [4.69, 9.17) is 5.26 Å². The zero-order chi connectivity index (χ0) is 21.0. The number of hydrogen-bond acceptors (Lipinski definition) is 7. The summed E-state index contributed by atoms with van der Waals surface area (Å²) in [6.07, 6.45) is 0.0419. The van der Waals surface area contributed by atoms with Crippen LogP contribution in [0.15, 0.2) is 45.4 Å². The van der Waals surface area contributed by atoms with Gasteiger partial charge in [-0.1, -0.05) is 6.07 Å². The van der Waals surface area contributed by atoms with Crippen molar-refractivity contribution in [3.8, 4) is 6.07 Å². The Morgan fingerprint density at radius 1 is 1.38 bits per heavy atom. The number of sulfonamides is 1. The van der Waals surface area contributed by atoms with Crippen molar-refractivity contribution >= 4 is 37.5 Å². The lowest BCUT2D eigenvalue weighted by atomic mass is 10.2. The maximum atomic E-state index is 12.7. The topological polar surface area (TPSA) is 136 Å². The Bertz CT molecular complexity index is 1260. The number of hydrogen-bond donors (Lipinski definition) is 2. The highest BCUT2D eigenvalue weighted by Crippen LogP contribution is 2.16. The van der Waals surface area contributed by atoms with Gasteiger partial charge < -0.3 is 9.88 Å². The molecule has 29 heavy (non-hydrogen) atoms. The second-order valence-corrected chi connectivity index (χ2v) is 8.83. The molecule has 0 aliphatic carbocycles. The first kappa shape index (κ1) is 20.7. The van der Waals surface area contributed by atoms with Gasteiger partial charge in [0.05, 0.1) is 23.0 Å². The molecule has 0 radical (unpaired) electrons. The molecule has 0 unspecified atom stereocenters. The Kier molecular flexibility index (Phi) is 6.07. The molecule has 1 amide bonds. The second-order valence-electron chi connectivity index (χ2n) is 6.14. The van der Waals surface area contributed by atoms with E-state index < -0.39 is 15.9 Å². The summed E-state index contributed by atoms with van der Waals surface area (Å²) in [6, 6.07) is 9.20. The molecule has 0 bridgehead atoms. The van der Waals surface area contributed by atoms with E-state index in [1.807, 2.05) is 6.07 Å². The molecular formula is C18H17N5O4S2. The number of H-pyrrole nitrogens is 1. The number of benzene rings is 1. The molecule has 3 rings (SSSR count). The number of aromatic nitrogens is 2. The van der Waals surface area contributed by atoms with Gasteiger partial charge in [0, 0.05) is 25.6 Å². The lowest BCUT2D eigenvalue weighted by Gasteiger charge is -2.17. The van der Waals surface area contributed by atoms with E-state index in [9.17, 15) is 18.0 Å². The number of carbonyl (C=O) groups excluding carboxylic acids is 1. The predicted molar refractivity (Wildman–Crippen MR) is 108 cm³/mol. The van der Waals surface area contributed by atoms with E-state index in [1.165, 1.54) is 47.5 Å². The summed E-state index contributed by atoms with van der Waals surface area (Å²) in [4.78, 5) is 33.1. The van der Waals surface area contributed by atoms with Crippen molar-refractivity contribution in [1.82, 2.24) is 19.6 Å². The van der Waals surface area contributed by atoms with Crippen LogP contribution in [0.2, 0.25) is 0 Å². The molecular weight excluding hydrogens is 414 g/mol. The molecule has 3 aromatic rings. The number of thiophene rings is 1. The van der Waals surface area contributed by atoms with Crippen molar-refractivity contribution < 1.29 is 13.2 Å². The smallest absolute Gasteiger partial charge is 0.268 e. The Morgan fingerprint density at radius 3 is 2.93 bits per heavy atom. The van der Waals surface area contributed by atoms with Crippen LogP contribution < -0.4 is 10.3 Å². The number of nitrogens with zero attached hydrogens (tertiary/aromatic N) is 3. The molecule has 9 nitrogen and oxygen atoms in total. The van der Waals surface area contributed by atoms with E-state index in [-0.39, 0.29) is 35.5 Å². The maximum absolute atomic E-state index is 12.7. The standard InChI is InChI=1S/C18H17N5O4S2/c1-23(11-15-21-14-6-9-28-16(14)17(24)22-15)18(25)12-4-2-5-13(10-12)29(26,27)20-8-3-7-19/h2,4-6,9-10,20H,3,8,11H2,1H3,(H,21,22,24). The predicted octanol–water partition coefficient (Wildman–Crippen LogP) is 1.45. The van der Waals surface area contributed by atoms with E-state index >= 15 is 0 Å². The number of nitrogens with one attached hydrogen (secondary N) is 2. The molecule has 0 aliphatic rings. The van der Waals surface area contributed by atoms with Crippen molar-refractivity contribution in [2.24, 2.45) is 0 Å². The van der Waals surface area contributed by atoms with Crippen molar-refractivity contribution in [3.05, 3.63) is 57.5 Å². The molecule has 2 aromatic heterocycles. The van der Waals surface area contributed by atoms with E-state index in [0.29, 0.717) is 16.0 Å². The normalized spacial score (nSPS) is 11.3. The van der Waals surface area contributed by atoms with E-state index in [2.05, 4.69) is 14.7 Å². The van der Waals surface area contributed by atoms with Crippen LogP contribution in [0, 0.1) is 11.3 Å². The van der Waals surface area contributed by atoms with Crippen molar-refractivity contribution in [3.63, 3.8) is 0 Å². The molecule has 0 fully saturated rings. The van der Waals surface area contributed by atoms with Crippen LogP contribution >= 0.6 is 11.3 Å². The summed E-state index contributed by atoms with van der Waals surface area (Å²) in [5, 5.41) is 10.3. The zero-order valence-electron chi connectivity index (χ0n) is 15.4. The highest BCUT2D eigenvalue weighted by molar-refractivity contribution is 7.89. The maximum Gasteiger partial charge on any atom is 0.268 e. The summed E-state index contributed by atoms with van der Waals surface area (Å²) < 4.78 is 27.4. The average molecular weight is 431 g/mol. The minimum atomic E-state index is -3.83. The van der Waals surface area contributed by atoms with Gasteiger partial charge in [-0.2, -0.15) is 5.26 Å². The van der Waals surface area contributed by atoms with Gasteiger partial charge in [-0.05, 0) is 29.6 Å². The van der Waals surface area contributed by atoms with Crippen LogP contribution in [0.25, 0.3) is 10.2 Å². The van der Waals surface area contributed by atoms with Gasteiger partial charge in [0.15, 0.2) is 0 Å². The van der Waals surface area contributed by atoms with Crippen LogP contribution in [0.5, 0.6) is 0 Å². The molecule has 2 N–H and O–H groups in total. The third kappa shape index (κ3) is 4.68. The third-order valence-corrected chi connectivity index (χ3v) is 6.38. The number of fused-ring (bicyclic) bond motifs is 1. The van der Waals surface area contributed by atoms with Gasteiger partial charge in [-0.3, -0.25) is 9.59 Å². The zero-order valence-corrected chi connectivity index (χ0v) is 17.0. The van der Waals surface area contributed by atoms with E-state index in [1.54, 1.807) is 11.4 Å². The second kappa shape index (κ2) is 8.52. The van der Waals surface area contributed by atoms with Crippen LogP contribution in [0.3, 0.4) is 0 Å². The van der Waals surface area contributed by atoms with Gasteiger partial charge in [0.2, 0.25) is 10.0 Å². The van der Waals surface area contributed by atoms with Crippen molar-refractivity contribution in [1.29, 1.82) is 5.26 Å². The SMILES string of the molecule is CN(Cc1nc2ccsc2c(=O)[nH]1)C(=O)c1cccc(S(=O)(=O)NCCC#N)c1. The molecule has 0 atom stereocenters. The number of aromatic amines is 1. The monoisotopic (exact) mass is 431 g/mol. The average Bonchev–Trinajstić information content (AvgIpc) is 3.17. The molecule has 11 heteroatoms. The summed E-state index contributed by atoms with van der Waals surface area (Å²) in [5.74, 6) is -0.0918. The number of amides is 1. The van der Waals surface area contributed by atoms with Gasteiger partial charge >= 0.3 is 0 Å².